The van der Waals surface area contributed by atoms with Gasteiger partial charge in [-0.2, -0.15) is 0 Å². The zero-order chi connectivity index (χ0) is 17.8. The van der Waals surface area contributed by atoms with E-state index in [1.807, 2.05) is 26.0 Å². The van der Waals surface area contributed by atoms with Crippen molar-refractivity contribution in [3.63, 3.8) is 0 Å². The summed E-state index contributed by atoms with van der Waals surface area (Å²) in [6.45, 7) is 4.55. The lowest BCUT2D eigenvalue weighted by Gasteiger charge is -2.07. The normalized spacial score (nSPS) is 10.8. The average Bonchev–Trinajstić information content (AvgIpc) is 2.95. The Hall–Kier alpha value is -2.46. The van der Waals surface area contributed by atoms with Crippen LogP contribution in [0.25, 0.3) is 11.0 Å². The van der Waals surface area contributed by atoms with Crippen molar-refractivity contribution in [1.82, 2.24) is 0 Å². The molecule has 0 N–H and O–H groups in total. The molecule has 0 saturated carbocycles. The third-order valence-corrected chi connectivity index (χ3v) is 4.29. The zero-order valence-corrected chi connectivity index (χ0v) is 14.9. The summed E-state index contributed by atoms with van der Waals surface area (Å²) in [5.41, 5.74) is 3.95. The molecule has 0 aliphatic rings. The summed E-state index contributed by atoms with van der Waals surface area (Å²) >= 11 is 5.81. The smallest absolute Gasteiger partial charge is 0.310 e. The molecule has 0 aliphatic heterocycles. The molecular weight excluding hydrogens is 340 g/mol. The monoisotopic (exact) mass is 358 g/mol. The van der Waals surface area contributed by atoms with Crippen LogP contribution in [0.1, 0.15) is 16.7 Å². The van der Waals surface area contributed by atoms with Crippen molar-refractivity contribution >= 4 is 28.5 Å². The van der Waals surface area contributed by atoms with Crippen LogP contribution in [0.2, 0.25) is 5.02 Å². The first kappa shape index (κ1) is 17.4. The molecule has 0 spiro atoms. The Balaban J connectivity index is 1.51. The SMILES string of the molecule is Cc1cc2occ(CC(=O)OCCOc3ccc(Cl)cc3)c2cc1C. The minimum Gasteiger partial charge on any atom is -0.490 e. The van der Waals surface area contributed by atoms with Crippen LogP contribution in [0.15, 0.2) is 47.1 Å². The molecule has 0 atom stereocenters. The number of halogens is 1. The highest BCUT2D eigenvalue weighted by Gasteiger charge is 2.12. The summed E-state index contributed by atoms with van der Waals surface area (Å²) in [5, 5.41) is 1.61. The highest BCUT2D eigenvalue weighted by molar-refractivity contribution is 6.30. The Kier molecular flexibility index (Phi) is 5.29. The standard InChI is InChI=1S/C20H19ClO4/c1-13-9-18-15(12-25-19(18)10-14(13)2)11-20(22)24-8-7-23-17-5-3-16(21)4-6-17/h3-6,9-10,12H,7-8,11H2,1-2H3. The summed E-state index contributed by atoms with van der Waals surface area (Å²) in [4.78, 5) is 12.0. The van der Waals surface area contributed by atoms with E-state index < -0.39 is 0 Å². The first-order chi connectivity index (χ1) is 12.0. The van der Waals surface area contributed by atoms with Gasteiger partial charge in [0, 0.05) is 16.0 Å². The molecule has 3 rings (SSSR count). The van der Waals surface area contributed by atoms with Crippen molar-refractivity contribution in [2.75, 3.05) is 13.2 Å². The van der Waals surface area contributed by atoms with Gasteiger partial charge in [-0.25, -0.2) is 0 Å². The second-order valence-corrected chi connectivity index (χ2v) is 6.33. The van der Waals surface area contributed by atoms with E-state index in [9.17, 15) is 4.79 Å². The molecule has 1 heterocycles. The zero-order valence-electron chi connectivity index (χ0n) is 14.2. The molecule has 0 aliphatic carbocycles. The lowest BCUT2D eigenvalue weighted by atomic mass is 10.0. The van der Waals surface area contributed by atoms with Crippen molar-refractivity contribution in [1.29, 1.82) is 0 Å². The first-order valence-corrected chi connectivity index (χ1v) is 8.42. The number of benzene rings is 2. The van der Waals surface area contributed by atoms with Gasteiger partial charge in [-0.3, -0.25) is 4.79 Å². The number of hydrogen-bond acceptors (Lipinski definition) is 4. The van der Waals surface area contributed by atoms with Gasteiger partial charge in [0.2, 0.25) is 0 Å². The summed E-state index contributed by atoms with van der Waals surface area (Å²) < 4.78 is 16.3. The van der Waals surface area contributed by atoms with Crippen LogP contribution in [0.4, 0.5) is 0 Å². The molecule has 0 amide bonds. The van der Waals surface area contributed by atoms with Gasteiger partial charge < -0.3 is 13.9 Å². The van der Waals surface area contributed by atoms with Gasteiger partial charge in [0.15, 0.2) is 0 Å². The number of ether oxygens (including phenoxy) is 2. The highest BCUT2D eigenvalue weighted by Crippen LogP contribution is 2.25. The van der Waals surface area contributed by atoms with Gasteiger partial charge in [0.05, 0.1) is 12.7 Å². The molecule has 0 fully saturated rings. The van der Waals surface area contributed by atoms with Gasteiger partial charge in [-0.15, -0.1) is 0 Å². The van der Waals surface area contributed by atoms with Crippen molar-refractivity contribution in [2.45, 2.75) is 20.3 Å². The fourth-order valence-electron chi connectivity index (χ4n) is 2.53. The largest absolute Gasteiger partial charge is 0.490 e. The van der Waals surface area contributed by atoms with Crippen LogP contribution < -0.4 is 4.74 Å². The maximum atomic E-state index is 12.0. The molecule has 0 radical (unpaired) electrons. The number of fused-ring (bicyclic) bond motifs is 1. The second kappa shape index (κ2) is 7.62. The number of aryl methyl sites for hydroxylation is 2. The molecule has 0 saturated heterocycles. The maximum absolute atomic E-state index is 12.0. The van der Waals surface area contributed by atoms with Crippen LogP contribution in [0.5, 0.6) is 5.75 Å². The molecule has 3 aromatic rings. The number of furan rings is 1. The summed E-state index contributed by atoms with van der Waals surface area (Å²) in [5.74, 6) is 0.382. The molecule has 2 aromatic carbocycles. The van der Waals surface area contributed by atoms with Gasteiger partial charge in [0.1, 0.15) is 24.5 Å². The van der Waals surface area contributed by atoms with Crippen LogP contribution in [-0.2, 0) is 16.0 Å². The lowest BCUT2D eigenvalue weighted by Crippen LogP contribution is -2.13. The topological polar surface area (TPSA) is 48.7 Å². The number of carbonyl (C=O) groups is 1. The van der Waals surface area contributed by atoms with Crippen LogP contribution in [0.3, 0.4) is 0 Å². The minimum atomic E-state index is -0.305. The molecule has 0 unspecified atom stereocenters. The lowest BCUT2D eigenvalue weighted by molar-refractivity contribution is -0.143. The fraction of sp³-hybridized carbons (Fsp3) is 0.250. The molecule has 130 valence electrons. The van der Waals surface area contributed by atoms with E-state index in [0.29, 0.717) is 10.8 Å². The molecule has 0 bridgehead atoms. The quantitative estimate of drug-likeness (QED) is 0.466. The molecule has 5 heteroatoms. The van der Waals surface area contributed by atoms with Crippen molar-refractivity contribution in [3.8, 4) is 5.75 Å². The van der Waals surface area contributed by atoms with Crippen LogP contribution >= 0.6 is 11.6 Å². The van der Waals surface area contributed by atoms with Gasteiger partial charge in [-0.05, 0) is 61.4 Å². The maximum Gasteiger partial charge on any atom is 0.310 e. The molecular formula is C20H19ClO4. The summed E-state index contributed by atoms with van der Waals surface area (Å²) in [6.07, 6.45) is 1.80. The third-order valence-electron chi connectivity index (χ3n) is 4.03. The summed E-state index contributed by atoms with van der Waals surface area (Å²) in [7, 11) is 0. The first-order valence-electron chi connectivity index (χ1n) is 8.04. The van der Waals surface area contributed by atoms with Crippen molar-refractivity contribution in [2.24, 2.45) is 0 Å². The molecule has 4 nitrogen and oxygen atoms in total. The number of rotatable bonds is 6. The van der Waals surface area contributed by atoms with E-state index in [1.165, 1.54) is 5.56 Å². The van der Waals surface area contributed by atoms with Crippen LogP contribution in [-0.4, -0.2) is 19.2 Å². The number of carbonyl (C=O) groups excluding carboxylic acids is 1. The number of hydrogen-bond donors (Lipinski definition) is 0. The van der Waals surface area contributed by atoms with Gasteiger partial charge in [0.25, 0.3) is 0 Å². The van der Waals surface area contributed by atoms with E-state index >= 15 is 0 Å². The molecule has 25 heavy (non-hydrogen) atoms. The number of esters is 1. The van der Waals surface area contributed by atoms with Crippen molar-refractivity contribution in [3.05, 3.63) is 64.4 Å². The Morgan fingerprint density at radius 1 is 1.08 bits per heavy atom. The molecule has 1 aromatic heterocycles. The van der Waals surface area contributed by atoms with Gasteiger partial charge >= 0.3 is 5.97 Å². The Morgan fingerprint density at radius 3 is 2.56 bits per heavy atom. The summed E-state index contributed by atoms with van der Waals surface area (Å²) in [6, 6.07) is 11.1. The predicted molar refractivity (Wildman–Crippen MR) is 97.3 cm³/mol. The Morgan fingerprint density at radius 2 is 1.80 bits per heavy atom. The van der Waals surface area contributed by atoms with E-state index in [-0.39, 0.29) is 25.6 Å². The van der Waals surface area contributed by atoms with E-state index in [1.54, 1.807) is 30.5 Å². The van der Waals surface area contributed by atoms with Crippen molar-refractivity contribution < 1.29 is 18.7 Å². The average molecular weight is 359 g/mol. The Bertz CT molecular complexity index is 881. The Labute approximate surface area is 151 Å². The van der Waals surface area contributed by atoms with Crippen LogP contribution in [0, 0.1) is 13.8 Å². The van der Waals surface area contributed by atoms with Gasteiger partial charge in [-0.1, -0.05) is 11.6 Å². The van der Waals surface area contributed by atoms with E-state index in [4.69, 9.17) is 25.5 Å². The highest BCUT2D eigenvalue weighted by atomic mass is 35.5. The third kappa shape index (κ3) is 4.34. The minimum absolute atomic E-state index is 0.177. The van der Waals surface area contributed by atoms with E-state index in [0.717, 1.165) is 22.1 Å². The van der Waals surface area contributed by atoms with E-state index in [2.05, 4.69) is 0 Å². The fourth-order valence-corrected chi connectivity index (χ4v) is 2.65. The second-order valence-electron chi connectivity index (χ2n) is 5.89. The predicted octanol–water partition coefficient (Wildman–Crippen LogP) is 4.87.